The molecule has 208 valence electrons. The molecule has 9 nitrogen and oxygen atoms in total. The Kier molecular flexibility index (Phi) is 8.32. The number of carbonyl (C=O) groups is 1. The van der Waals surface area contributed by atoms with Gasteiger partial charge >= 0.3 is 0 Å². The first-order valence-corrected chi connectivity index (χ1v) is 14.9. The Balaban J connectivity index is 1.41. The zero-order valence-electron chi connectivity index (χ0n) is 23.6. The summed E-state index contributed by atoms with van der Waals surface area (Å²) in [6, 6.07) is 6.17. The van der Waals surface area contributed by atoms with Crippen molar-refractivity contribution in [2.75, 3.05) is 42.4 Å². The molecule has 2 aromatic heterocycles. The number of benzene rings is 1. The van der Waals surface area contributed by atoms with E-state index in [1.165, 1.54) is 12.8 Å². The van der Waals surface area contributed by atoms with Crippen LogP contribution in [0.4, 0.5) is 23.1 Å². The minimum absolute atomic E-state index is 0.112. The van der Waals surface area contributed by atoms with Crippen molar-refractivity contribution >= 4 is 40.4 Å². The Morgan fingerprint density at radius 2 is 1.92 bits per heavy atom. The van der Waals surface area contributed by atoms with Crippen LogP contribution in [0.5, 0.6) is 5.75 Å². The molecule has 0 radical (unpaired) electrons. The van der Waals surface area contributed by atoms with Gasteiger partial charge in [-0.25, -0.2) is 9.97 Å². The minimum Gasteiger partial charge on any atom is -0.495 e. The fourth-order valence-electron chi connectivity index (χ4n) is 5.68. The normalized spacial score (nSPS) is 17.7. The molecule has 1 aliphatic carbocycles. The van der Waals surface area contributed by atoms with E-state index in [1.807, 2.05) is 25.2 Å². The van der Waals surface area contributed by atoms with E-state index in [0.29, 0.717) is 17.7 Å². The Morgan fingerprint density at radius 3 is 2.62 bits per heavy atom. The number of ether oxygens (including phenoxy) is 1. The molecule has 2 aliphatic rings. The van der Waals surface area contributed by atoms with Crippen LogP contribution in [0.1, 0.15) is 58.6 Å². The van der Waals surface area contributed by atoms with Crippen LogP contribution in [-0.4, -0.2) is 65.1 Å². The van der Waals surface area contributed by atoms with Gasteiger partial charge in [0.1, 0.15) is 22.5 Å². The third-order valence-electron chi connectivity index (χ3n) is 7.94. The number of nitrogens with zero attached hydrogens (tertiary/aromatic N) is 6. The third kappa shape index (κ3) is 5.45. The summed E-state index contributed by atoms with van der Waals surface area (Å²) in [4.78, 5) is 33.9. The number of amides is 1. The third-order valence-corrected chi connectivity index (χ3v) is 8.88. The van der Waals surface area contributed by atoms with Crippen LogP contribution in [0.3, 0.4) is 0 Å². The predicted molar refractivity (Wildman–Crippen MR) is 158 cm³/mol. The first-order valence-electron chi connectivity index (χ1n) is 14.0. The van der Waals surface area contributed by atoms with E-state index in [1.54, 1.807) is 29.5 Å². The topological polar surface area (TPSA) is 86.7 Å². The molecule has 0 spiro atoms. The highest BCUT2D eigenvalue weighted by molar-refractivity contribution is 7.13. The molecule has 1 fully saturated rings. The summed E-state index contributed by atoms with van der Waals surface area (Å²) in [5, 5.41) is 6.47. The quantitative estimate of drug-likeness (QED) is 0.345. The lowest BCUT2D eigenvalue weighted by Gasteiger charge is -2.43. The second-order valence-corrected chi connectivity index (χ2v) is 11.1. The largest absolute Gasteiger partial charge is 0.495 e. The highest BCUT2D eigenvalue weighted by atomic mass is 32.1. The average Bonchev–Trinajstić information content (AvgIpc) is 3.66. The van der Waals surface area contributed by atoms with E-state index in [4.69, 9.17) is 14.7 Å². The van der Waals surface area contributed by atoms with Crippen molar-refractivity contribution in [3.63, 3.8) is 0 Å². The number of rotatable bonds is 10. The van der Waals surface area contributed by atoms with Crippen molar-refractivity contribution in [2.45, 2.75) is 71.5 Å². The maximum Gasteiger partial charge on any atom is 0.249 e. The van der Waals surface area contributed by atoms with Crippen LogP contribution in [0.15, 0.2) is 29.8 Å². The lowest BCUT2D eigenvalue weighted by atomic mass is 10.0. The number of carbonyl (C=O) groups excluding carboxylic acids is 1. The number of likely N-dealkylation sites (N-methyl/N-ethyl adjacent to an activating group) is 1. The highest BCUT2D eigenvalue weighted by Gasteiger charge is 2.41. The first-order chi connectivity index (χ1) is 19.0. The Labute approximate surface area is 235 Å². The molecule has 10 heteroatoms. The van der Waals surface area contributed by atoms with Crippen LogP contribution in [0, 0.1) is 0 Å². The van der Waals surface area contributed by atoms with Crippen molar-refractivity contribution in [3.05, 3.63) is 35.5 Å². The van der Waals surface area contributed by atoms with Crippen LogP contribution in [0.2, 0.25) is 0 Å². The van der Waals surface area contributed by atoms with Crippen molar-refractivity contribution < 1.29 is 9.53 Å². The summed E-state index contributed by atoms with van der Waals surface area (Å²) in [6.07, 6.45) is 7.04. The van der Waals surface area contributed by atoms with Gasteiger partial charge in [0.25, 0.3) is 0 Å². The van der Waals surface area contributed by atoms with Gasteiger partial charge in [-0.3, -0.25) is 9.69 Å². The van der Waals surface area contributed by atoms with Gasteiger partial charge in [-0.1, -0.05) is 33.6 Å². The van der Waals surface area contributed by atoms with Crippen LogP contribution < -0.4 is 19.9 Å². The van der Waals surface area contributed by atoms with Gasteiger partial charge in [-0.15, -0.1) is 11.3 Å². The molecule has 1 aromatic carbocycles. The molecule has 39 heavy (non-hydrogen) atoms. The molecule has 1 aliphatic heterocycles. The molecule has 0 saturated heterocycles. The molecular weight excluding hydrogens is 510 g/mol. The van der Waals surface area contributed by atoms with Crippen LogP contribution in [-0.2, 0) is 11.3 Å². The molecule has 1 amide bonds. The van der Waals surface area contributed by atoms with E-state index in [-0.39, 0.29) is 11.9 Å². The fourth-order valence-corrected chi connectivity index (χ4v) is 6.49. The number of fused-ring (bicyclic) bond motifs is 1. The van der Waals surface area contributed by atoms with Gasteiger partial charge in [0.2, 0.25) is 11.9 Å². The maximum absolute atomic E-state index is 13.2. The molecular formula is C29H39N7O2S. The van der Waals surface area contributed by atoms with Gasteiger partial charge in [0.15, 0.2) is 5.82 Å². The lowest BCUT2D eigenvalue weighted by molar-refractivity contribution is -0.120. The second kappa shape index (κ2) is 11.9. The van der Waals surface area contributed by atoms with E-state index < -0.39 is 0 Å². The van der Waals surface area contributed by atoms with E-state index in [2.05, 4.69) is 46.3 Å². The fraction of sp³-hybridized carbons (Fsp3) is 0.517. The Morgan fingerprint density at radius 1 is 1.15 bits per heavy atom. The lowest BCUT2D eigenvalue weighted by Crippen LogP contribution is -2.55. The molecule has 3 heterocycles. The Hall–Kier alpha value is -3.24. The van der Waals surface area contributed by atoms with Crippen LogP contribution in [0.25, 0.3) is 10.6 Å². The summed E-state index contributed by atoms with van der Waals surface area (Å²) in [5.74, 6) is 2.12. The average molecular weight is 550 g/mol. The smallest absolute Gasteiger partial charge is 0.249 e. The number of methoxy groups -OCH3 is 1. The van der Waals surface area contributed by atoms with E-state index >= 15 is 0 Å². The summed E-state index contributed by atoms with van der Waals surface area (Å²) in [6.45, 7) is 9.29. The SMILES string of the molecule is CC[C@@H]1C(=O)N(C)c2cnc(Nc3ccc(-c4nc(CN(CC)CC)cs4)cc3OC)nc2N1C1CCCC1. The van der Waals surface area contributed by atoms with Crippen molar-refractivity contribution in [3.8, 4) is 16.3 Å². The van der Waals surface area contributed by atoms with Crippen molar-refractivity contribution in [1.29, 1.82) is 0 Å². The number of anilines is 4. The molecule has 1 saturated carbocycles. The standard InChI is InChI=1S/C29H39N7O2S/c1-6-23-28(37)34(4)24-16-30-29(33-26(24)36(23)21-11-9-10-12-21)32-22-14-13-19(15-25(22)38-5)27-31-20(18-39-27)17-35(7-2)8-3/h13-16,18,21,23H,6-12,17H2,1-5H3,(H,30,32,33)/t23-/m1/s1. The molecule has 5 rings (SSSR count). The van der Waals surface area contributed by atoms with Gasteiger partial charge in [-0.2, -0.15) is 4.98 Å². The molecule has 0 bridgehead atoms. The number of hydrogen-bond donors (Lipinski definition) is 1. The summed E-state index contributed by atoms with van der Waals surface area (Å²) in [7, 11) is 3.49. The highest BCUT2D eigenvalue weighted by Crippen LogP contribution is 2.40. The van der Waals surface area contributed by atoms with Gasteiger partial charge in [-0.05, 0) is 50.6 Å². The molecule has 3 aromatic rings. The van der Waals surface area contributed by atoms with Crippen molar-refractivity contribution in [2.24, 2.45) is 0 Å². The molecule has 1 atom stereocenters. The minimum atomic E-state index is -0.202. The van der Waals surface area contributed by atoms with Crippen molar-refractivity contribution in [1.82, 2.24) is 19.9 Å². The summed E-state index contributed by atoms with van der Waals surface area (Å²) in [5.41, 5.74) is 3.63. The second-order valence-electron chi connectivity index (χ2n) is 10.2. The van der Waals surface area contributed by atoms with Gasteiger partial charge in [0, 0.05) is 30.6 Å². The number of thiazole rings is 1. The molecule has 1 N–H and O–H groups in total. The Bertz CT molecular complexity index is 1300. The number of aromatic nitrogens is 3. The zero-order valence-corrected chi connectivity index (χ0v) is 24.4. The first kappa shape index (κ1) is 27.3. The number of hydrogen-bond acceptors (Lipinski definition) is 9. The zero-order chi connectivity index (χ0) is 27.5. The molecule has 0 unspecified atom stereocenters. The summed E-state index contributed by atoms with van der Waals surface area (Å²) < 4.78 is 5.75. The van der Waals surface area contributed by atoms with Gasteiger partial charge in [0.05, 0.1) is 24.7 Å². The monoisotopic (exact) mass is 549 g/mol. The summed E-state index contributed by atoms with van der Waals surface area (Å²) >= 11 is 1.65. The van der Waals surface area contributed by atoms with E-state index in [9.17, 15) is 4.79 Å². The maximum atomic E-state index is 13.2. The van der Waals surface area contributed by atoms with Gasteiger partial charge < -0.3 is 19.9 Å². The van der Waals surface area contributed by atoms with Crippen LogP contribution >= 0.6 is 11.3 Å². The predicted octanol–water partition coefficient (Wildman–Crippen LogP) is 5.70. The van der Waals surface area contributed by atoms with E-state index in [0.717, 1.165) is 72.4 Å². The number of nitrogens with one attached hydrogen (secondary N) is 1.